The van der Waals surface area contributed by atoms with E-state index < -0.39 is 0 Å². The maximum Gasteiger partial charge on any atom is 0.320 e. The number of anilines is 2. The zero-order valence-electron chi connectivity index (χ0n) is 14.2. The van der Waals surface area contributed by atoms with Gasteiger partial charge >= 0.3 is 6.03 Å². The Balaban J connectivity index is 1.40. The quantitative estimate of drug-likeness (QED) is 0.534. The molecule has 0 fully saturated rings. The summed E-state index contributed by atoms with van der Waals surface area (Å²) in [5, 5.41) is 13.2. The van der Waals surface area contributed by atoms with E-state index in [4.69, 9.17) is 0 Å². The van der Waals surface area contributed by atoms with Gasteiger partial charge in [-0.2, -0.15) is 5.10 Å². The number of hydrogen-bond acceptors (Lipinski definition) is 4. The van der Waals surface area contributed by atoms with Crippen LogP contribution in [0.15, 0.2) is 48.9 Å². The molecule has 0 aliphatic heterocycles. The highest BCUT2D eigenvalue weighted by atomic mass is 16.2. The fourth-order valence-corrected chi connectivity index (χ4v) is 2.86. The van der Waals surface area contributed by atoms with Gasteiger partial charge in [0.2, 0.25) is 0 Å². The predicted molar refractivity (Wildman–Crippen MR) is 98.5 cm³/mol. The molecule has 0 aromatic carbocycles. The Bertz CT molecular complexity index is 697. The third kappa shape index (κ3) is 5.34. The van der Waals surface area contributed by atoms with Crippen LogP contribution in [0.1, 0.15) is 19.3 Å². The first kappa shape index (κ1) is 17.0. The van der Waals surface area contributed by atoms with Crippen LogP contribution >= 0.6 is 0 Å². The van der Waals surface area contributed by atoms with E-state index in [-0.39, 0.29) is 6.03 Å². The van der Waals surface area contributed by atoms with Gasteiger partial charge in [0.1, 0.15) is 5.82 Å². The highest BCUT2D eigenvalue weighted by molar-refractivity contribution is 5.88. The number of amides is 2. The molecule has 25 heavy (non-hydrogen) atoms. The molecule has 1 atom stereocenters. The van der Waals surface area contributed by atoms with Crippen LogP contribution in [0.4, 0.5) is 16.3 Å². The van der Waals surface area contributed by atoms with Gasteiger partial charge in [0.05, 0.1) is 11.9 Å². The van der Waals surface area contributed by atoms with Gasteiger partial charge in [0.15, 0.2) is 0 Å². The zero-order valence-corrected chi connectivity index (χ0v) is 14.2. The average molecular weight is 340 g/mol. The summed E-state index contributed by atoms with van der Waals surface area (Å²) < 4.78 is 1.87. The summed E-state index contributed by atoms with van der Waals surface area (Å²) in [7, 11) is 0. The van der Waals surface area contributed by atoms with E-state index in [1.807, 2.05) is 22.9 Å². The first-order valence-corrected chi connectivity index (χ1v) is 8.67. The van der Waals surface area contributed by atoms with E-state index in [2.05, 4.69) is 38.2 Å². The maximum absolute atomic E-state index is 12.1. The second kappa shape index (κ2) is 8.86. The first-order chi connectivity index (χ1) is 12.3. The molecule has 0 saturated carbocycles. The molecule has 0 spiro atoms. The normalized spacial score (nSPS) is 16.4. The van der Waals surface area contributed by atoms with Crippen LogP contribution in [0, 0.1) is 5.92 Å². The van der Waals surface area contributed by atoms with Gasteiger partial charge in [-0.25, -0.2) is 9.48 Å². The Morgan fingerprint density at radius 1 is 1.24 bits per heavy atom. The van der Waals surface area contributed by atoms with E-state index in [1.54, 1.807) is 18.6 Å². The number of carbonyl (C=O) groups excluding carboxylic acids is 1. The Hall–Kier alpha value is -2.83. The highest BCUT2D eigenvalue weighted by Crippen LogP contribution is 2.21. The summed E-state index contributed by atoms with van der Waals surface area (Å²) in [6, 6.07) is 5.41. The lowest BCUT2D eigenvalue weighted by Gasteiger charge is -2.19. The monoisotopic (exact) mass is 340 g/mol. The van der Waals surface area contributed by atoms with Crippen molar-refractivity contribution in [2.75, 3.05) is 23.7 Å². The lowest BCUT2D eigenvalue weighted by Crippen LogP contribution is -2.33. The van der Waals surface area contributed by atoms with E-state index >= 15 is 0 Å². The van der Waals surface area contributed by atoms with Crippen molar-refractivity contribution in [3.63, 3.8) is 0 Å². The molecule has 0 unspecified atom stereocenters. The zero-order chi connectivity index (χ0) is 17.3. The smallest absolute Gasteiger partial charge is 0.320 e. The van der Waals surface area contributed by atoms with Crippen LogP contribution in [0.5, 0.6) is 0 Å². The summed E-state index contributed by atoms with van der Waals surface area (Å²) >= 11 is 0. The molecule has 7 heteroatoms. The van der Waals surface area contributed by atoms with Gasteiger partial charge in [-0.05, 0) is 37.3 Å². The second-order valence-corrected chi connectivity index (χ2v) is 6.10. The largest absolute Gasteiger partial charge is 0.382 e. The molecular formula is C18H24N6O. The summed E-state index contributed by atoms with van der Waals surface area (Å²) in [6.45, 7) is 1.98. The highest BCUT2D eigenvalue weighted by Gasteiger charge is 2.14. The summed E-state index contributed by atoms with van der Waals surface area (Å²) in [4.78, 5) is 16.1. The van der Waals surface area contributed by atoms with Gasteiger partial charge in [0.25, 0.3) is 0 Å². The Morgan fingerprint density at radius 3 is 3.00 bits per heavy atom. The van der Waals surface area contributed by atoms with Crippen LogP contribution in [0.2, 0.25) is 0 Å². The molecule has 7 nitrogen and oxygen atoms in total. The number of aromatic nitrogens is 3. The van der Waals surface area contributed by atoms with Gasteiger partial charge in [0, 0.05) is 38.1 Å². The van der Waals surface area contributed by atoms with Crippen molar-refractivity contribution in [1.29, 1.82) is 0 Å². The minimum atomic E-state index is -0.224. The van der Waals surface area contributed by atoms with E-state index in [0.717, 1.165) is 30.9 Å². The van der Waals surface area contributed by atoms with Gasteiger partial charge < -0.3 is 10.6 Å². The molecule has 1 aliphatic rings. The molecule has 3 N–H and O–H groups in total. The predicted octanol–water partition coefficient (Wildman–Crippen LogP) is 2.87. The summed E-state index contributed by atoms with van der Waals surface area (Å²) in [5.41, 5.74) is 0.935. The van der Waals surface area contributed by atoms with Crippen molar-refractivity contribution in [2.45, 2.75) is 25.8 Å². The second-order valence-electron chi connectivity index (χ2n) is 6.10. The van der Waals surface area contributed by atoms with Crippen LogP contribution in [-0.4, -0.2) is 33.9 Å². The fourth-order valence-electron chi connectivity index (χ4n) is 2.86. The van der Waals surface area contributed by atoms with Crippen LogP contribution in [-0.2, 0) is 6.54 Å². The number of urea groups is 1. The van der Waals surface area contributed by atoms with Crippen molar-refractivity contribution in [3.05, 3.63) is 48.9 Å². The lowest BCUT2D eigenvalue weighted by atomic mass is 9.94. The van der Waals surface area contributed by atoms with Gasteiger partial charge in [-0.1, -0.05) is 12.2 Å². The number of hydrogen-bond donors (Lipinski definition) is 3. The van der Waals surface area contributed by atoms with Crippen molar-refractivity contribution in [1.82, 2.24) is 20.1 Å². The number of rotatable bonds is 7. The maximum atomic E-state index is 12.1. The topological polar surface area (TPSA) is 83.9 Å². The third-order valence-corrected chi connectivity index (χ3v) is 4.17. The van der Waals surface area contributed by atoms with E-state index in [9.17, 15) is 4.79 Å². The van der Waals surface area contributed by atoms with Crippen LogP contribution in [0.25, 0.3) is 0 Å². The van der Waals surface area contributed by atoms with E-state index in [0.29, 0.717) is 19.0 Å². The third-order valence-electron chi connectivity index (χ3n) is 4.17. The molecule has 1 aliphatic carbocycles. The molecule has 2 aromatic heterocycles. The molecule has 3 rings (SSSR count). The van der Waals surface area contributed by atoms with Crippen molar-refractivity contribution in [3.8, 4) is 0 Å². The Kier molecular flexibility index (Phi) is 6.03. The number of pyridine rings is 1. The van der Waals surface area contributed by atoms with Crippen molar-refractivity contribution < 1.29 is 4.79 Å². The SMILES string of the molecule is O=C(NCCNc1cccnc1)Nc1ccnn1C[C@H]1CC=CCC1. The number of carbonyl (C=O) groups is 1. The standard InChI is InChI=1S/C18H24N6O/c25-18(21-12-11-20-16-7-4-9-19-13-16)23-17-8-10-22-24(17)14-15-5-2-1-3-6-15/h1-2,4,7-10,13,15,20H,3,5-6,11-12,14H2,(H2,21,23,25)/t15-/m0/s1. The van der Waals surface area contributed by atoms with Gasteiger partial charge in [-0.3, -0.25) is 10.3 Å². The molecule has 132 valence electrons. The fraction of sp³-hybridized carbons (Fsp3) is 0.389. The minimum Gasteiger partial charge on any atom is -0.382 e. The molecule has 2 amide bonds. The van der Waals surface area contributed by atoms with Crippen molar-refractivity contribution in [2.24, 2.45) is 5.92 Å². The number of nitrogens with one attached hydrogen (secondary N) is 3. The Morgan fingerprint density at radius 2 is 2.20 bits per heavy atom. The molecule has 0 saturated heterocycles. The Labute approximate surface area is 147 Å². The summed E-state index contributed by atoms with van der Waals surface area (Å²) in [5.74, 6) is 1.31. The minimum absolute atomic E-state index is 0.224. The lowest BCUT2D eigenvalue weighted by molar-refractivity contribution is 0.252. The van der Waals surface area contributed by atoms with Crippen molar-refractivity contribution >= 4 is 17.5 Å². The van der Waals surface area contributed by atoms with E-state index in [1.165, 1.54) is 6.42 Å². The first-order valence-electron chi connectivity index (χ1n) is 8.67. The number of nitrogens with zero attached hydrogens (tertiary/aromatic N) is 3. The van der Waals surface area contributed by atoms with Crippen LogP contribution < -0.4 is 16.0 Å². The van der Waals surface area contributed by atoms with Crippen LogP contribution in [0.3, 0.4) is 0 Å². The molecule has 0 radical (unpaired) electrons. The molecule has 0 bridgehead atoms. The average Bonchev–Trinajstić information content (AvgIpc) is 3.07. The molecular weight excluding hydrogens is 316 g/mol. The summed E-state index contributed by atoms with van der Waals surface area (Å²) in [6.07, 6.45) is 13.0. The number of allylic oxidation sites excluding steroid dienone is 2. The van der Waals surface area contributed by atoms with Gasteiger partial charge in [-0.15, -0.1) is 0 Å². The molecule has 2 heterocycles. The molecule has 2 aromatic rings.